The van der Waals surface area contributed by atoms with Crippen molar-refractivity contribution in [2.75, 3.05) is 17.2 Å². The third kappa shape index (κ3) is 3.73. The molecule has 1 aliphatic rings. The number of rotatable bonds is 5. The van der Waals surface area contributed by atoms with Crippen molar-refractivity contribution in [2.24, 2.45) is 0 Å². The summed E-state index contributed by atoms with van der Waals surface area (Å²) in [7, 11) is 0. The number of aryl methyl sites for hydroxylation is 3. The van der Waals surface area contributed by atoms with Gasteiger partial charge in [-0.2, -0.15) is 0 Å². The summed E-state index contributed by atoms with van der Waals surface area (Å²) in [6.07, 6.45) is 6.38. The number of nitrogens with zero attached hydrogens (tertiary/aromatic N) is 3. The summed E-state index contributed by atoms with van der Waals surface area (Å²) in [5.74, 6) is 0.502. The summed E-state index contributed by atoms with van der Waals surface area (Å²) in [6, 6.07) is 8.11. The molecule has 0 N–H and O–H groups in total. The molecule has 4 rings (SSSR count). The van der Waals surface area contributed by atoms with Crippen molar-refractivity contribution >= 4 is 44.9 Å². The molecular weight excluding hydrogens is 374 g/mol. The molecule has 6 heteroatoms. The molecule has 1 amide bonds. The molecule has 0 atom stereocenters. The second-order valence-electron chi connectivity index (χ2n) is 6.84. The Kier molecular flexibility index (Phi) is 5.45. The van der Waals surface area contributed by atoms with Gasteiger partial charge in [-0.05, 0) is 62.8 Å². The summed E-state index contributed by atoms with van der Waals surface area (Å²) in [4.78, 5) is 26.3. The highest BCUT2D eigenvalue weighted by Gasteiger charge is 2.21. The molecule has 1 aliphatic carbocycles. The fourth-order valence-electron chi connectivity index (χ4n) is 3.68. The highest BCUT2D eigenvalue weighted by Crippen LogP contribution is 2.39. The Bertz CT molecular complexity index is 983. The zero-order valence-corrected chi connectivity index (χ0v) is 17.3. The van der Waals surface area contributed by atoms with Crippen molar-refractivity contribution in [1.82, 2.24) is 9.97 Å². The smallest absolute Gasteiger partial charge is 0.237 e. The second kappa shape index (κ2) is 7.98. The van der Waals surface area contributed by atoms with Gasteiger partial charge < -0.3 is 4.90 Å². The number of thioether (sulfide) groups is 1. The molecule has 2 aromatic heterocycles. The number of benzene rings is 1. The van der Waals surface area contributed by atoms with Gasteiger partial charge in [-0.15, -0.1) is 11.3 Å². The Balaban J connectivity index is 1.56. The average Bonchev–Trinajstić information content (AvgIpc) is 3.06. The van der Waals surface area contributed by atoms with Crippen LogP contribution in [0.3, 0.4) is 0 Å². The van der Waals surface area contributed by atoms with E-state index in [4.69, 9.17) is 0 Å². The Hall–Kier alpha value is -1.92. The van der Waals surface area contributed by atoms with Gasteiger partial charge >= 0.3 is 0 Å². The number of thiophene rings is 1. The summed E-state index contributed by atoms with van der Waals surface area (Å²) < 4.78 is 0. The molecule has 3 aromatic rings. The maximum Gasteiger partial charge on any atom is 0.237 e. The fourth-order valence-corrected chi connectivity index (χ4v) is 5.87. The molecule has 0 bridgehead atoms. The van der Waals surface area contributed by atoms with Gasteiger partial charge in [0.25, 0.3) is 0 Å². The molecule has 0 aliphatic heterocycles. The molecule has 2 heterocycles. The third-order valence-electron chi connectivity index (χ3n) is 4.98. The molecule has 27 heavy (non-hydrogen) atoms. The van der Waals surface area contributed by atoms with Crippen molar-refractivity contribution < 1.29 is 4.79 Å². The fraction of sp³-hybridized carbons (Fsp3) is 0.381. The van der Waals surface area contributed by atoms with Crippen LogP contribution in [0.5, 0.6) is 0 Å². The molecule has 4 nitrogen and oxygen atoms in total. The zero-order chi connectivity index (χ0) is 18.8. The molecule has 0 spiro atoms. The van der Waals surface area contributed by atoms with E-state index in [2.05, 4.69) is 16.0 Å². The van der Waals surface area contributed by atoms with Crippen LogP contribution in [0.1, 0.15) is 35.8 Å². The van der Waals surface area contributed by atoms with E-state index in [1.54, 1.807) is 29.4 Å². The van der Waals surface area contributed by atoms with Crippen LogP contribution in [0.25, 0.3) is 10.2 Å². The van der Waals surface area contributed by atoms with E-state index in [1.807, 2.05) is 36.9 Å². The van der Waals surface area contributed by atoms with Gasteiger partial charge in [0.2, 0.25) is 5.91 Å². The minimum atomic E-state index is 0.115. The first-order chi connectivity index (χ1) is 13.2. The number of carbonyl (C=O) groups excluding carboxylic acids is 1. The number of fused-ring (bicyclic) bond motifs is 3. The van der Waals surface area contributed by atoms with Gasteiger partial charge in [-0.25, -0.2) is 9.97 Å². The van der Waals surface area contributed by atoms with E-state index in [-0.39, 0.29) is 5.91 Å². The van der Waals surface area contributed by atoms with Crippen LogP contribution in [-0.4, -0.2) is 28.2 Å². The Labute approximate surface area is 168 Å². The highest BCUT2D eigenvalue weighted by atomic mass is 32.2. The summed E-state index contributed by atoms with van der Waals surface area (Å²) in [5, 5.41) is 2.14. The van der Waals surface area contributed by atoms with Crippen LogP contribution >= 0.6 is 23.1 Å². The maximum atomic E-state index is 12.9. The Morgan fingerprint density at radius 2 is 2.11 bits per heavy atom. The molecule has 0 unspecified atom stereocenters. The number of hydrogen-bond donors (Lipinski definition) is 0. The van der Waals surface area contributed by atoms with Gasteiger partial charge in [0.1, 0.15) is 16.2 Å². The predicted octanol–water partition coefficient (Wildman–Crippen LogP) is 5.02. The van der Waals surface area contributed by atoms with E-state index in [9.17, 15) is 4.79 Å². The lowest BCUT2D eigenvalue weighted by molar-refractivity contribution is -0.116. The number of hydrogen-bond acceptors (Lipinski definition) is 5. The topological polar surface area (TPSA) is 46.1 Å². The highest BCUT2D eigenvalue weighted by molar-refractivity contribution is 8.00. The standard InChI is InChI=1S/C21H23N3OS2/c1-3-24(15-8-6-7-14(2)11-15)18(25)12-26-20-19-16-9-4-5-10-17(16)27-21(19)23-13-22-20/h6-8,11,13H,3-5,9-10,12H2,1-2H3. The average molecular weight is 398 g/mol. The Morgan fingerprint density at radius 1 is 1.26 bits per heavy atom. The van der Waals surface area contributed by atoms with Crippen LogP contribution in [0.15, 0.2) is 35.6 Å². The minimum Gasteiger partial charge on any atom is -0.312 e. The van der Waals surface area contributed by atoms with Crippen molar-refractivity contribution in [3.05, 3.63) is 46.6 Å². The molecule has 0 saturated heterocycles. The van der Waals surface area contributed by atoms with Crippen LogP contribution < -0.4 is 4.90 Å². The predicted molar refractivity (Wildman–Crippen MR) is 114 cm³/mol. The number of aromatic nitrogens is 2. The van der Waals surface area contributed by atoms with E-state index in [0.717, 1.165) is 33.9 Å². The molecular formula is C21H23N3OS2. The van der Waals surface area contributed by atoms with E-state index < -0.39 is 0 Å². The Morgan fingerprint density at radius 3 is 2.93 bits per heavy atom. The third-order valence-corrected chi connectivity index (χ3v) is 7.15. The van der Waals surface area contributed by atoms with Crippen LogP contribution in [0.2, 0.25) is 0 Å². The first kappa shape index (κ1) is 18.4. The summed E-state index contributed by atoms with van der Waals surface area (Å²) >= 11 is 3.34. The van der Waals surface area contributed by atoms with Gasteiger partial charge in [0.05, 0.1) is 5.75 Å². The largest absolute Gasteiger partial charge is 0.312 e. The monoisotopic (exact) mass is 397 g/mol. The number of amides is 1. The quantitative estimate of drug-likeness (QED) is 0.448. The molecule has 0 saturated carbocycles. The zero-order valence-electron chi connectivity index (χ0n) is 15.7. The van der Waals surface area contributed by atoms with Crippen LogP contribution in [0.4, 0.5) is 5.69 Å². The van der Waals surface area contributed by atoms with Crippen LogP contribution in [0, 0.1) is 6.92 Å². The molecule has 0 fully saturated rings. The normalized spacial score (nSPS) is 13.6. The van der Waals surface area contributed by atoms with Crippen molar-refractivity contribution in [2.45, 2.75) is 44.6 Å². The maximum absolute atomic E-state index is 12.9. The van der Waals surface area contributed by atoms with E-state index >= 15 is 0 Å². The number of carbonyl (C=O) groups is 1. The van der Waals surface area contributed by atoms with Gasteiger partial charge in [0.15, 0.2) is 0 Å². The molecule has 1 aromatic carbocycles. The summed E-state index contributed by atoms with van der Waals surface area (Å²) in [6.45, 7) is 4.73. The molecule has 0 radical (unpaired) electrons. The van der Waals surface area contributed by atoms with Crippen molar-refractivity contribution in [3.8, 4) is 0 Å². The first-order valence-corrected chi connectivity index (χ1v) is 11.2. The number of anilines is 1. The minimum absolute atomic E-state index is 0.115. The van der Waals surface area contributed by atoms with E-state index in [1.165, 1.54) is 28.7 Å². The van der Waals surface area contributed by atoms with Crippen LogP contribution in [-0.2, 0) is 17.6 Å². The van der Waals surface area contributed by atoms with Gasteiger partial charge in [-0.3, -0.25) is 4.79 Å². The van der Waals surface area contributed by atoms with Gasteiger partial charge in [-0.1, -0.05) is 23.9 Å². The molecule has 140 valence electrons. The van der Waals surface area contributed by atoms with Crippen molar-refractivity contribution in [1.29, 1.82) is 0 Å². The SMILES string of the molecule is CCN(C(=O)CSc1ncnc2sc3c(c12)CCCC3)c1cccc(C)c1. The van der Waals surface area contributed by atoms with E-state index in [0.29, 0.717) is 12.3 Å². The first-order valence-electron chi connectivity index (χ1n) is 9.42. The van der Waals surface area contributed by atoms with Crippen molar-refractivity contribution in [3.63, 3.8) is 0 Å². The lowest BCUT2D eigenvalue weighted by Crippen LogP contribution is -2.32. The summed E-state index contributed by atoms with van der Waals surface area (Å²) in [5.41, 5.74) is 3.54. The van der Waals surface area contributed by atoms with Gasteiger partial charge in [0, 0.05) is 22.5 Å². The second-order valence-corrected chi connectivity index (χ2v) is 8.88. The lowest BCUT2D eigenvalue weighted by atomic mass is 9.97. The lowest BCUT2D eigenvalue weighted by Gasteiger charge is -2.21.